The van der Waals surface area contributed by atoms with E-state index in [2.05, 4.69) is 43.5 Å². The highest BCUT2D eigenvalue weighted by Gasteiger charge is 2.20. The lowest BCUT2D eigenvalue weighted by molar-refractivity contribution is -0.143. The molecule has 0 fully saturated rings. The van der Waals surface area contributed by atoms with Crippen molar-refractivity contribution in [1.82, 2.24) is 5.32 Å². The van der Waals surface area contributed by atoms with Gasteiger partial charge in [-0.15, -0.1) is 0 Å². The van der Waals surface area contributed by atoms with Gasteiger partial charge in [0.2, 0.25) is 5.91 Å². The van der Waals surface area contributed by atoms with Crippen LogP contribution in [0.5, 0.6) is 0 Å². The normalized spacial score (nSPS) is 12.6. The van der Waals surface area contributed by atoms with Crippen molar-refractivity contribution in [3.8, 4) is 0 Å². The molecule has 1 amide bonds. The molecule has 3 N–H and O–H groups in total. The van der Waals surface area contributed by atoms with Crippen molar-refractivity contribution in [3.05, 3.63) is 24.3 Å². The summed E-state index contributed by atoms with van der Waals surface area (Å²) in [5.41, 5.74) is 0. The van der Waals surface area contributed by atoms with Gasteiger partial charge in [-0.1, -0.05) is 391 Å². The summed E-state index contributed by atoms with van der Waals surface area (Å²) in [6.07, 6.45) is 98.5. The van der Waals surface area contributed by atoms with Crippen LogP contribution in [-0.4, -0.2) is 47.4 Å². The summed E-state index contributed by atoms with van der Waals surface area (Å²) in [4.78, 5) is 24.6. The van der Waals surface area contributed by atoms with E-state index in [0.717, 1.165) is 44.9 Å². The average molecular weight is 1230 g/mol. The van der Waals surface area contributed by atoms with Crippen molar-refractivity contribution >= 4 is 11.9 Å². The van der Waals surface area contributed by atoms with E-state index in [0.29, 0.717) is 25.9 Å². The summed E-state index contributed by atoms with van der Waals surface area (Å²) < 4.78 is 5.50. The summed E-state index contributed by atoms with van der Waals surface area (Å²) >= 11 is 0. The molecule has 2 unspecified atom stereocenters. The molecule has 0 aliphatic carbocycles. The van der Waals surface area contributed by atoms with E-state index in [9.17, 15) is 19.8 Å². The first-order valence-electron chi connectivity index (χ1n) is 40.1. The molecule has 0 radical (unpaired) electrons. The van der Waals surface area contributed by atoms with Gasteiger partial charge in [0.25, 0.3) is 0 Å². The fourth-order valence-electron chi connectivity index (χ4n) is 12.9. The Morgan fingerprint density at radius 2 is 0.540 bits per heavy atom. The van der Waals surface area contributed by atoms with Gasteiger partial charge in [-0.05, 0) is 77.0 Å². The zero-order valence-electron chi connectivity index (χ0n) is 59.3. The number of hydrogen-bond donors (Lipinski definition) is 3. The summed E-state index contributed by atoms with van der Waals surface area (Å²) in [6, 6.07) is -0.539. The molecular formula is C81H157NO5. The van der Waals surface area contributed by atoms with Crippen molar-refractivity contribution in [2.24, 2.45) is 0 Å². The van der Waals surface area contributed by atoms with Crippen LogP contribution in [-0.2, 0) is 14.3 Å². The van der Waals surface area contributed by atoms with Gasteiger partial charge in [0.1, 0.15) is 0 Å². The fraction of sp³-hybridized carbons (Fsp3) is 0.926. The summed E-state index contributed by atoms with van der Waals surface area (Å²) in [7, 11) is 0. The number of unbranched alkanes of at least 4 members (excludes halogenated alkanes) is 61. The van der Waals surface area contributed by atoms with Gasteiger partial charge >= 0.3 is 5.97 Å². The number of hydrogen-bond acceptors (Lipinski definition) is 5. The van der Waals surface area contributed by atoms with Gasteiger partial charge in [-0.2, -0.15) is 0 Å². The zero-order chi connectivity index (χ0) is 62.8. The van der Waals surface area contributed by atoms with E-state index < -0.39 is 12.1 Å². The number of aliphatic hydroxyl groups is 2. The molecule has 6 heteroatoms. The molecule has 0 spiro atoms. The number of carbonyl (C=O) groups excluding carboxylic acids is 2. The largest absolute Gasteiger partial charge is 0.466 e. The minimum Gasteiger partial charge on any atom is -0.466 e. The summed E-state index contributed by atoms with van der Waals surface area (Å²) in [5.74, 6) is -0.0120. The number of carbonyl (C=O) groups is 2. The Labute approximate surface area is 545 Å². The molecule has 0 aromatic heterocycles. The van der Waals surface area contributed by atoms with Gasteiger partial charge in [-0.25, -0.2) is 0 Å². The van der Waals surface area contributed by atoms with Crippen LogP contribution in [0.25, 0.3) is 0 Å². The molecular weight excluding hydrogens is 1070 g/mol. The van der Waals surface area contributed by atoms with Crippen molar-refractivity contribution in [1.29, 1.82) is 0 Å². The number of amides is 1. The predicted molar refractivity (Wildman–Crippen MR) is 384 cm³/mol. The van der Waals surface area contributed by atoms with Crippen LogP contribution < -0.4 is 5.32 Å². The van der Waals surface area contributed by atoms with Gasteiger partial charge in [0, 0.05) is 12.8 Å². The Morgan fingerprint density at radius 1 is 0.310 bits per heavy atom. The van der Waals surface area contributed by atoms with Crippen molar-refractivity contribution in [2.45, 2.75) is 469 Å². The molecule has 0 aliphatic rings. The second-order valence-corrected chi connectivity index (χ2v) is 27.7. The molecule has 0 aromatic carbocycles. The lowest BCUT2D eigenvalue weighted by Gasteiger charge is -2.22. The average Bonchev–Trinajstić information content (AvgIpc) is 3.52. The second kappa shape index (κ2) is 76.8. The fourth-order valence-corrected chi connectivity index (χ4v) is 12.9. The molecule has 0 rings (SSSR count). The maximum Gasteiger partial charge on any atom is 0.305 e. The first-order valence-corrected chi connectivity index (χ1v) is 40.1. The molecule has 0 saturated heterocycles. The lowest BCUT2D eigenvalue weighted by atomic mass is 10.0. The monoisotopic (exact) mass is 1220 g/mol. The molecule has 0 bridgehead atoms. The van der Waals surface area contributed by atoms with Crippen molar-refractivity contribution in [3.63, 3.8) is 0 Å². The highest BCUT2D eigenvalue weighted by molar-refractivity contribution is 5.76. The maximum atomic E-state index is 12.5. The molecule has 0 saturated carbocycles. The predicted octanol–water partition coefficient (Wildman–Crippen LogP) is 26.4. The molecule has 0 heterocycles. The van der Waals surface area contributed by atoms with Gasteiger partial charge < -0.3 is 20.3 Å². The van der Waals surface area contributed by atoms with Crippen LogP contribution >= 0.6 is 0 Å². The molecule has 0 aromatic rings. The van der Waals surface area contributed by atoms with Crippen LogP contribution in [0.2, 0.25) is 0 Å². The minimum atomic E-state index is -0.662. The SMILES string of the molecule is CCCCCCCC/C=C\CCCCCCCC(=O)OCCCCCCCCCCCCCCCCCC/C=C\CCCCCCCCCCCCCCCCCCCC(=O)NC(CO)C(O)CCCCCCCCCCCCCCCCCCCC. The Balaban J connectivity index is 3.33. The van der Waals surface area contributed by atoms with Crippen molar-refractivity contribution < 1.29 is 24.5 Å². The third-order valence-electron chi connectivity index (χ3n) is 19.0. The van der Waals surface area contributed by atoms with E-state index in [1.807, 2.05) is 0 Å². The number of nitrogens with one attached hydrogen (secondary N) is 1. The Morgan fingerprint density at radius 3 is 0.816 bits per heavy atom. The van der Waals surface area contributed by atoms with E-state index in [1.165, 1.54) is 379 Å². The molecule has 0 aliphatic heterocycles. The standard InChI is InChI=1S/C81H157NO5/c1-3-5-7-9-11-13-15-17-19-20-42-46-49-53-57-61-65-69-73-79(84)78(77-83)82-80(85)74-70-66-62-58-54-50-47-43-40-38-36-34-32-30-28-26-24-22-21-23-25-27-29-31-33-35-37-39-41-44-48-52-56-60-64-68-72-76-87-81(86)75-71-67-63-59-55-51-45-18-16-14-12-10-8-6-4-2/h18,21,23,45,78-79,83-84H,3-17,19-20,22,24-44,46-77H2,1-2H3,(H,82,85)/b23-21-,45-18-. The van der Waals surface area contributed by atoms with E-state index in [4.69, 9.17) is 4.74 Å². The van der Waals surface area contributed by atoms with Gasteiger partial charge in [0.15, 0.2) is 0 Å². The quantitative estimate of drug-likeness (QED) is 0.0320. The first kappa shape index (κ1) is 85.3. The van der Waals surface area contributed by atoms with E-state index in [1.54, 1.807) is 0 Å². The second-order valence-electron chi connectivity index (χ2n) is 27.7. The minimum absolute atomic E-state index is 0.0144. The first-order chi connectivity index (χ1) is 43.0. The van der Waals surface area contributed by atoms with Crippen LogP contribution in [0, 0.1) is 0 Å². The number of esters is 1. The topological polar surface area (TPSA) is 95.9 Å². The molecule has 516 valence electrons. The van der Waals surface area contributed by atoms with E-state index >= 15 is 0 Å². The third kappa shape index (κ3) is 73.3. The Hall–Kier alpha value is -1.66. The molecule has 2 atom stereocenters. The van der Waals surface area contributed by atoms with E-state index in [-0.39, 0.29) is 18.5 Å². The maximum absolute atomic E-state index is 12.5. The third-order valence-corrected chi connectivity index (χ3v) is 19.0. The van der Waals surface area contributed by atoms with Gasteiger partial charge in [0.05, 0.1) is 25.4 Å². The summed E-state index contributed by atoms with van der Waals surface area (Å²) in [6.45, 7) is 4.99. The number of ether oxygens (including phenoxy) is 1. The molecule has 6 nitrogen and oxygen atoms in total. The number of rotatable bonds is 76. The van der Waals surface area contributed by atoms with Gasteiger partial charge in [-0.3, -0.25) is 9.59 Å². The van der Waals surface area contributed by atoms with Crippen LogP contribution in [0.3, 0.4) is 0 Å². The van der Waals surface area contributed by atoms with Crippen molar-refractivity contribution in [2.75, 3.05) is 13.2 Å². The number of aliphatic hydroxyl groups excluding tert-OH is 2. The highest BCUT2D eigenvalue weighted by Crippen LogP contribution is 2.20. The summed E-state index contributed by atoms with van der Waals surface area (Å²) in [5, 5.41) is 23.4. The lowest BCUT2D eigenvalue weighted by Crippen LogP contribution is -2.45. The Kier molecular flexibility index (Phi) is 75.3. The zero-order valence-corrected chi connectivity index (χ0v) is 59.3. The van der Waals surface area contributed by atoms with Crippen LogP contribution in [0.1, 0.15) is 457 Å². The Bertz CT molecular complexity index is 1360. The number of allylic oxidation sites excluding steroid dienone is 4. The highest BCUT2D eigenvalue weighted by atomic mass is 16.5. The smallest absolute Gasteiger partial charge is 0.305 e. The van der Waals surface area contributed by atoms with Crippen LogP contribution in [0.4, 0.5) is 0 Å². The molecule has 87 heavy (non-hydrogen) atoms. The van der Waals surface area contributed by atoms with Crippen LogP contribution in [0.15, 0.2) is 24.3 Å².